The average Bonchev–Trinajstić information content (AvgIpc) is 2.92. The van der Waals surface area contributed by atoms with Gasteiger partial charge in [0.25, 0.3) is 0 Å². The summed E-state index contributed by atoms with van der Waals surface area (Å²) in [5.74, 6) is 0. The number of rotatable bonds is 5. The van der Waals surface area contributed by atoms with Gasteiger partial charge in [0, 0.05) is 23.8 Å². The number of aromatic nitrogens is 2. The van der Waals surface area contributed by atoms with E-state index in [0.29, 0.717) is 0 Å². The lowest BCUT2D eigenvalue weighted by molar-refractivity contribution is 0.443. The number of benzene rings is 1. The molecule has 0 fully saturated rings. The number of para-hydroxylation sites is 1. The fourth-order valence-corrected chi connectivity index (χ4v) is 2.03. The molecule has 3 heteroatoms. The molecular weight excluding hydrogens is 258 g/mol. The van der Waals surface area contributed by atoms with E-state index in [9.17, 15) is 0 Å². The van der Waals surface area contributed by atoms with Gasteiger partial charge in [0.1, 0.15) is 0 Å². The Balaban J connectivity index is 2.11. The highest BCUT2D eigenvalue weighted by Gasteiger charge is 2.09. The monoisotopic (exact) mass is 283 g/mol. The minimum Gasteiger partial charge on any atom is -0.308 e. The molecule has 0 atom stereocenters. The van der Waals surface area contributed by atoms with Crippen molar-refractivity contribution >= 4 is 6.08 Å². The van der Waals surface area contributed by atoms with Crippen LogP contribution in [0.4, 0.5) is 0 Å². The Kier molecular flexibility index (Phi) is 4.97. The summed E-state index contributed by atoms with van der Waals surface area (Å²) in [7, 11) is 0. The lowest BCUT2D eigenvalue weighted by Gasteiger charge is -2.21. The molecule has 0 radical (unpaired) electrons. The van der Waals surface area contributed by atoms with Gasteiger partial charge < -0.3 is 5.32 Å². The number of hydrogen-bond donors (Lipinski definition) is 1. The van der Waals surface area contributed by atoms with E-state index in [1.165, 1.54) is 5.57 Å². The van der Waals surface area contributed by atoms with Gasteiger partial charge in [-0.15, -0.1) is 0 Å². The van der Waals surface area contributed by atoms with Gasteiger partial charge in [0.05, 0.1) is 11.9 Å². The molecule has 0 aliphatic rings. The Morgan fingerprint density at radius 3 is 2.57 bits per heavy atom. The second-order valence-electron chi connectivity index (χ2n) is 6.31. The highest BCUT2D eigenvalue weighted by Crippen LogP contribution is 2.13. The summed E-state index contributed by atoms with van der Waals surface area (Å²) in [5, 5.41) is 7.97. The van der Waals surface area contributed by atoms with Gasteiger partial charge in [-0.1, -0.05) is 36.8 Å². The normalized spacial score (nSPS) is 12.7. The van der Waals surface area contributed by atoms with Crippen molar-refractivity contribution in [1.29, 1.82) is 0 Å². The molecule has 0 saturated heterocycles. The quantitative estimate of drug-likeness (QED) is 0.897. The highest BCUT2D eigenvalue weighted by molar-refractivity contribution is 5.52. The van der Waals surface area contributed by atoms with Crippen LogP contribution in [0.1, 0.15) is 39.7 Å². The first-order valence-corrected chi connectivity index (χ1v) is 7.52. The van der Waals surface area contributed by atoms with Gasteiger partial charge in [0.15, 0.2) is 0 Å². The standard InChI is InChI=1S/C18H25N3/c1-5-15(12-19-18(2,3)4)11-16-13-20-21(14-16)17-9-7-6-8-10-17/h6-11,13-14,19H,5,12H2,1-4H3. The molecule has 3 nitrogen and oxygen atoms in total. The van der Waals surface area contributed by atoms with Crippen LogP contribution < -0.4 is 5.32 Å². The largest absolute Gasteiger partial charge is 0.308 e. The summed E-state index contributed by atoms with van der Waals surface area (Å²) in [5.41, 5.74) is 3.76. The molecule has 1 heterocycles. The third-order valence-corrected chi connectivity index (χ3v) is 3.29. The fraction of sp³-hybridized carbons (Fsp3) is 0.389. The van der Waals surface area contributed by atoms with Crippen LogP contribution >= 0.6 is 0 Å². The molecule has 0 saturated carbocycles. The molecule has 2 rings (SSSR count). The molecule has 1 N–H and O–H groups in total. The van der Waals surface area contributed by atoms with E-state index >= 15 is 0 Å². The average molecular weight is 283 g/mol. The van der Waals surface area contributed by atoms with Crippen LogP contribution in [0.5, 0.6) is 0 Å². The summed E-state index contributed by atoms with van der Waals surface area (Å²) in [4.78, 5) is 0. The first kappa shape index (κ1) is 15.5. The Bertz CT molecular complexity index is 588. The van der Waals surface area contributed by atoms with Crippen molar-refractivity contribution in [2.24, 2.45) is 0 Å². The third-order valence-electron chi connectivity index (χ3n) is 3.29. The molecule has 0 spiro atoms. The van der Waals surface area contributed by atoms with Crippen LogP contribution in [0.3, 0.4) is 0 Å². The summed E-state index contributed by atoms with van der Waals surface area (Å²) < 4.78 is 1.91. The molecule has 112 valence electrons. The summed E-state index contributed by atoms with van der Waals surface area (Å²) in [6, 6.07) is 10.2. The van der Waals surface area contributed by atoms with Gasteiger partial charge >= 0.3 is 0 Å². The SMILES string of the molecule is CCC(=Cc1cnn(-c2ccccc2)c1)CNC(C)(C)C. The third kappa shape index (κ3) is 4.87. The van der Waals surface area contributed by atoms with Crippen LogP contribution in [0.25, 0.3) is 11.8 Å². The fourth-order valence-electron chi connectivity index (χ4n) is 2.03. The molecular formula is C18H25N3. The molecule has 0 amide bonds. The minimum absolute atomic E-state index is 0.141. The predicted octanol–water partition coefficient (Wildman–Crippen LogP) is 4.05. The van der Waals surface area contributed by atoms with E-state index in [-0.39, 0.29) is 5.54 Å². The van der Waals surface area contributed by atoms with Crippen molar-refractivity contribution in [3.8, 4) is 5.69 Å². The zero-order valence-electron chi connectivity index (χ0n) is 13.4. The van der Waals surface area contributed by atoms with Crippen molar-refractivity contribution in [3.63, 3.8) is 0 Å². The van der Waals surface area contributed by atoms with E-state index < -0.39 is 0 Å². The van der Waals surface area contributed by atoms with Crippen LogP contribution in [-0.4, -0.2) is 21.9 Å². The summed E-state index contributed by atoms with van der Waals surface area (Å²) >= 11 is 0. The van der Waals surface area contributed by atoms with E-state index in [2.05, 4.69) is 62.5 Å². The van der Waals surface area contributed by atoms with Gasteiger partial charge in [-0.3, -0.25) is 0 Å². The second kappa shape index (κ2) is 6.72. The zero-order chi connectivity index (χ0) is 15.3. The predicted molar refractivity (Wildman–Crippen MR) is 89.6 cm³/mol. The zero-order valence-corrected chi connectivity index (χ0v) is 13.4. The molecule has 0 aliphatic carbocycles. The van der Waals surface area contributed by atoms with Crippen molar-refractivity contribution in [2.45, 2.75) is 39.7 Å². The van der Waals surface area contributed by atoms with E-state index in [4.69, 9.17) is 0 Å². The van der Waals surface area contributed by atoms with E-state index in [1.54, 1.807) is 0 Å². The van der Waals surface area contributed by atoms with Crippen molar-refractivity contribution in [3.05, 3.63) is 53.9 Å². The summed E-state index contributed by atoms with van der Waals surface area (Å²) in [6.07, 6.45) is 7.26. The first-order valence-electron chi connectivity index (χ1n) is 7.52. The van der Waals surface area contributed by atoms with Crippen molar-refractivity contribution in [1.82, 2.24) is 15.1 Å². The maximum absolute atomic E-state index is 4.43. The number of nitrogens with one attached hydrogen (secondary N) is 1. The Morgan fingerprint density at radius 2 is 1.95 bits per heavy atom. The number of hydrogen-bond acceptors (Lipinski definition) is 2. The highest BCUT2D eigenvalue weighted by atomic mass is 15.3. The summed E-state index contributed by atoms with van der Waals surface area (Å²) in [6.45, 7) is 9.67. The van der Waals surface area contributed by atoms with Crippen molar-refractivity contribution in [2.75, 3.05) is 6.54 Å². The van der Waals surface area contributed by atoms with Gasteiger partial charge in [-0.2, -0.15) is 5.10 Å². The Labute approximate surface area is 127 Å². The lowest BCUT2D eigenvalue weighted by atomic mass is 10.1. The van der Waals surface area contributed by atoms with Crippen LogP contribution in [0.15, 0.2) is 48.3 Å². The van der Waals surface area contributed by atoms with Crippen LogP contribution in [0, 0.1) is 0 Å². The molecule has 2 aromatic rings. The molecule has 0 unspecified atom stereocenters. The van der Waals surface area contributed by atoms with Gasteiger partial charge in [0.2, 0.25) is 0 Å². The maximum Gasteiger partial charge on any atom is 0.0645 e. The molecule has 1 aromatic carbocycles. The van der Waals surface area contributed by atoms with Crippen LogP contribution in [0.2, 0.25) is 0 Å². The van der Waals surface area contributed by atoms with Crippen LogP contribution in [-0.2, 0) is 0 Å². The van der Waals surface area contributed by atoms with Gasteiger partial charge in [-0.05, 0) is 39.3 Å². The second-order valence-corrected chi connectivity index (χ2v) is 6.31. The van der Waals surface area contributed by atoms with Gasteiger partial charge in [-0.25, -0.2) is 4.68 Å². The smallest absolute Gasteiger partial charge is 0.0645 e. The molecule has 0 bridgehead atoms. The first-order chi connectivity index (χ1) is 9.98. The van der Waals surface area contributed by atoms with E-state index in [0.717, 1.165) is 24.2 Å². The van der Waals surface area contributed by atoms with Crippen molar-refractivity contribution < 1.29 is 0 Å². The minimum atomic E-state index is 0.141. The Morgan fingerprint density at radius 1 is 1.24 bits per heavy atom. The number of nitrogens with zero attached hydrogens (tertiary/aromatic N) is 2. The molecule has 1 aromatic heterocycles. The molecule has 21 heavy (non-hydrogen) atoms. The molecule has 0 aliphatic heterocycles. The topological polar surface area (TPSA) is 29.9 Å². The maximum atomic E-state index is 4.43. The lowest BCUT2D eigenvalue weighted by Crippen LogP contribution is -2.36. The Hall–Kier alpha value is -1.87. The van der Waals surface area contributed by atoms with E-state index in [1.807, 2.05) is 29.1 Å².